The molecule has 2 aromatic rings. The van der Waals surface area contributed by atoms with Gasteiger partial charge in [0.2, 0.25) is 10.0 Å². The van der Waals surface area contributed by atoms with E-state index in [1.54, 1.807) is 24.3 Å². The summed E-state index contributed by atoms with van der Waals surface area (Å²) in [6.45, 7) is 1.87. The summed E-state index contributed by atoms with van der Waals surface area (Å²) in [5, 5.41) is 10.7. The van der Waals surface area contributed by atoms with Gasteiger partial charge in [-0.1, -0.05) is 24.1 Å². The SMILES string of the molecule is Cc1ccc(S(=O)(=O)N[C@@H]2CCCC[C@H]2OC(=O)c2ccc([N+](=O)[O-])cc2)cc1. The molecule has 1 aliphatic carbocycles. The minimum Gasteiger partial charge on any atom is -0.457 e. The van der Waals surface area contributed by atoms with Crippen LogP contribution >= 0.6 is 0 Å². The van der Waals surface area contributed by atoms with Crippen LogP contribution in [0.25, 0.3) is 0 Å². The second kappa shape index (κ2) is 8.71. The minimum atomic E-state index is -3.74. The largest absolute Gasteiger partial charge is 0.457 e. The molecule has 1 aliphatic rings. The molecular formula is C20H22N2O6S. The number of nitro groups is 1. The van der Waals surface area contributed by atoms with Gasteiger partial charge in [0.25, 0.3) is 5.69 Å². The van der Waals surface area contributed by atoms with Gasteiger partial charge in [-0.15, -0.1) is 0 Å². The van der Waals surface area contributed by atoms with E-state index in [0.717, 1.165) is 18.4 Å². The highest BCUT2D eigenvalue weighted by molar-refractivity contribution is 7.89. The number of hydrogen-bond donors (Lipinski definition) is 1. The first-order valence-electron chi connectivity index (χ1n) is 9.31. The highest BCUT2D eigenvalue weighted by Crippen LogP contribution is 2.25. The standard InChI is InChI=1S/C20H22N2O6S/c1-14-6-12-17(13-7-14)29(26,27)21-18-4-2-3-5-19(18)28-20(23)15-8-10-16(11-9-15)22(24)25/h6-13,18-19,21H,2-5H2,1H3/t18-,19-/m1/s1. The van der Waals surface area contributed by atoms with E-state index in [1.165, 1.54) is 24.3 Å². The molecule has 154 valence electrons. The summed E-state index contributed by atoms with van der Waals surface area (Å²) in [7, 11) is -3.74. The Labute approximate surface area is 169 Å². The van der Waals surface area contributed by atoms with Gasteiger partial charge < -0.3 is 4.74 Å². The monoisotopic (exact) mass is 418 g/mol. The lowest BCUT2D eigenvalue weighted by Gasteiger charge is -2.31. The van der Waals surface area contributed by atoms with Crippen LogP contribution in [0.1, 0.15) is 41.6 Å². The van der Waals surface area contributed by atoms with Gasteiger partial charge in [-0.2, -0.15) is 0 Å². The average Bonchev–Trinajstić information content (AvgIpc) is 2.69. The first-order chi connectivity index (χ1) is 13.8. The molecule has 1 fully saturated rings. The zero-order chi connectivity index (χ0) is 21.0. The van der Waals surface area contributed by atoms with E-state index in [0.29, 0.717) is 12.8 Å². The molecule has 2 aromatic carbocycles. The Balaban J connectivity index is 1.71. The van der Waals surface area contributed by atoms with Crippen molar-refractivity contribution in [1.29, 1.82) is 0 Å². The summed E-state index contributed by atoms with van der Waals surface area (Å²) in [6.07, 6.45) is 2.14. The zero-order valence-electron chi connectivity index (χ0n) is 15.9. The Morgan fingerprint density at radius 3 is 2.31 bits per heavy atom. The molecule has 0 radical (unpaired) electrons. The topological polar surface area (TPSA) is 116 Å². The number of nitrogens with one attached hydrogen (secondary N) is 1. The van der Waals surface area contributed by atoms with Gasteiger partial charge in [0, 0.05) is 12.1 Å². The van der Waals surface area contributed by atoms with Crippen molar-refractivity contribution < 1.29 is 22.9 Å². The lowest BCUT2D eigenvalue weighted by Crippen LogP contribution is -2.46. The van der Waals surface area contributed by atoms with Crippen LogP contribution in [0.4, 0.5) is 5.69 Å². The van der Waals surface area contributed by atoms with E-state index in [-0.39, 0.29) is 16.1 Å². The maximum absolute atomic E-state index is 12.7. The van der Waals surface area contributed by atoms with Crippen molar-refractivity contribution in [2.24, 2.45) is 0 Å². The van der Waals surface area contributed by atoms with Crippen molar-refractivity contribution in [3.05, 3.63) is 69.8 Å². The highest BCUT2D eigenvalue weighted by atomic mass is 32.2. The number of hydrogen-bond acceptors (Lipinski definition) is 6. The van der Waals surface area contributed by atoms with E-state index in [4.69, 9.17) is 4.74 Å². The van der Waals surface area contributed by atoms with E-state index in [9.17, 15) is 23.3 Å². The van der Waals surface area contributed by atoms with Crippen molar-refractivity contribution in [2.75, 3.05) is 0 Å². The van der Waals surface area contributed by atoms with Gasteiger partial charge in [-0.3, -0.25) is 10.1 Å². The summed E-state index contributed by atoms with van der Waals surface area (Å²) in [5.41, 5.74) is 1.01. The predicted molar refractivity (Wildman–Crippen MR) is 106 cm³/mol. The molecule has 0 bridgehead atoms. The first kappa shape index (κ1) is 20.9. The molecule has 1 N–H and O–H groups in total. The molecule has 0 spiro atoms. The van der Waals surface area contributed by atoms with E-state index < -0.39 is 33.1 Å². The van der Waals surface area contributed by atoms with Gasteiger partial charge in [0.15, 0.2) is 0 Å². The molecular weight excluding hydrogens is 396 g/mol. The second-order valence-electron chi connectivity index (χ2n) is 7.07. The third-order valence-corrected chi connectivity index (χ3v) is 6.42. The van der Waals surface area contributed by atoms with Crippen molar-refractivity contribution >= 4 is 21.7 Å². The number of esters is 1. The molecule has 9 heteroatoms. The summed E-state index contributed by atoms with van der Waals surface area (Å²) in [5.74, 6) is -0.633. The number of carbonyl (C=O) groups is 1. The van der Waals surface area contributed by atoms with Crippen LogP contribution in [0.3, 0.4) is 0 Å². The molecule has 0 heterocycles. The van der Waals surface area contributed by atoms with E-state index in [2.05, 4.69) is 4.72 Å². The third kappa shape index (κ3) is 5.18. The molecule has 0 amide bonds. The smallest absolute Gasteiger partial charge is 0.338 e. The number of aryl methyl sites for hydroxylation is 1. The number of sulfonamides is 1. The summed E-state index contributed by atoms with van der Waals surface area (Å²) in [4.78, 5) is 22.8. The van der Waals surface area contributed by atoms with Crippen LogP contribution in [0, 0.1) is 17.0 Å². The molecule has 0 aromatic heterocycles. The van der Waals surface area contributed by atoms with Crippen LogP contribution < -0.4 is 4.72 Å². The molecule has 29 heavy (non-hydrogen) atoms. The zero-order valence-corrected chi connectivity index (χ0v) is 16.7. The molecule has 2 atom stereocenters. The van der Waals surface area contributed by atoms with Gasteiger partial charge in [-0.05, 0) is 50.5 Å². The fourth-order valence-corrected chi connectivity index (χ4v) is 4.58. The van der Waals surface area contributed by atoms with Crippen molar-refractivity contribution in [1.82, 2.24) is 4.72 Å². The second-order valence-corrected chi connectivity index (χ2v) is 8.79. The molecule has 3 rings (SSSR count). The molecule has 1 saturated carbocycles. The summed E-state index contributed by atoms with van der Waals surface area (Å²) in [6, 6.07) is 11.1. The molecule has 0 aliphatic heterocycles. The number of nitrogens with zero attached hydrogens (tertiary/aromatic N) is 1. The Kier molecular flexibility index (Phi) is 6.29. The lowest BCUT2D eigenvalue weighted by atomic mass is 9.93. The number of rotatable bonds is 6. The maximum Gasteiger partial charge on any atom is 0.338 e. The fraction of sp³-hybridized carbons (Fsp3) is 0.350. The number of carbonyl (C=O) groups excluding carboxylic acids is 1. The number of nitro benzene ring substituents is 1. The average molecular weight is 418 g/mol. The van der Waals surface area contributed by atoms with Crippen molar-refractivity contribution in [2.45, 2.75) is 49.6 Å². The van der Waals surface area contributed by atoms with Crippen LogP contribution in [0.15, 0.2) is 53.4 Å². The summed E-state index contributed by atoms with van der Waals surface area (Å²) < 4.78 is 33.6. The quantitative estimate of drug-likeness (QED) is 0.437. The van der Waals surface area contributed by atoms with Gasteiger partial charge in [0.05, 0.1) is 21.4 Å². The molecule has 0 unspecified atom stereocenters. The Bertz CT molecular complexity index is 987. The van der Waals surface area contributed by atoms with Crippen LogP contribution in [0.5, 0.6) is 0 Å². The maximum atomic E-state index is 12.7. The first-order valence-corrected chi connectivity index (χ1v) is 10.8. The molecule has 8 nitrogen and oxygen atoms in total. The lowest BCUT2D eigenvalue weighted by molar-refractivity contribution is -0.384. The number of ether oxygens (including phenoxy) is 1. The minimum absolute atomic E-state index is 0.122. The Morgan fingerprint density at radius 2 is 1.69 bits per heavy atom. The van der Waals surface area contributed by atoms with E-state index >= 15 is 0 Å². The Morgan fingerprint density at radius 1 is 1.07 bits per heavy atom. The van der Waals surface area contributed by atoms with Crippen molar-refractivity contribution in [3.8, 4) is 0 Å². The number of benzene rings is 2. The predicted octanol–water partition coefficient (Wildman–Crippen LogP) is 3.35. The molecule has 0 saturated heterocycles. The van der Waals surface area contributed by atoms with Crippen molar-refractivity contribution in [3.63, 3.8) is 0 Å². The fourth-order valence-electron chi connectivity index (χ4n) is 3.28. The van der Waals surface area contributed by atoms with Gasteiger partial charge in [-0.25, -0.2) is 17.9 Å². The highest BCUT2D eigenvalue weighted by Gasteiger charge is 2.32. The van der Waals surface area contributed by atoms with Gasteiger partial charge in [0.1, 0.15) is 6.10 Å². The Hall–Kier alpha value is -2.78. The third-order valence-electron chi connectivity index (χ3n) is 4.91. The van der Waals surface area contributed by atoms with Gasteiger partial charge >= 0.3 is 5.97 Å². The van der Waals surface area contributed by atoms with Crippen LogP contribution in [0.2, 0.25) is 0 Å². The number of non-ortho nitro benzene ring substituents is 1. The van der Waals surface area contributed by atoms with E-state index in [1.807, 2.05) is 6.92 Å². The normalized spacial score (nSPS) is 19.5. The van der Waals surface area contributed by atoms with Crippen LogP contribution in [-0.2, 0) is 14.8 Å². The summed E-state index contributed by atoms with van der Waals surface area (Å²) >= 11 is 0. The van der Waals surface area contributed by atoms with Crippen LogP contribution in [-0.4, -0.2) is 31.5 Å².